The Hall–Kier alpha value is -2.49. The number of aromatic nitrogens is 1. The molecule has 0 bridgehead atoms. The number of benzene rings is 2. The molecule has 3 rings (SSSR count). The van der Waals surface area contributed by atoms with Gasteiger partial charge in [0, 0.05) is 11.0 Å². The van der Waals surface area contributed by atoms with Crippen LogP contribution < -0.4 is 5.32 Å². The second kappa shape index (κ2) is 8.89. The number of thiazole rings is 1. The maximum Gasteiger partial charge on any atom is 0.263 e. The first-order chi connectivity index (χ1) is 13.8. The highest BCUT2D eigenvalue weighted by Gasteiger charge is 2.21. The molecule has 1 heterocycles. The summed E-state index contributed by atoms with van der Waals surface area (Å²) in [6, 6.07) is 8.86. The molecule has 5 nitrogen and oxygen atoms in total. The van der Waals surface area contributed by atoms with Gasteiger partial charge in [0.15, 0.2) is 11.4 Å². The fourth-order valence-electron chi connectivity index (χ4n) is 2.77. The summed E-state index contributed by atoms with van der Waals surface area (Å²) in [7, 11) is 3.85. The summed E-state index contributed by atoms with van der Waals surface area (Å²) in [6.45, 7) is 0.626. The number of anilines is 1. The van der Waals surface area contributed by atoms with Crippen LogP contribution in [0.2, 0.25) is 0 Å². The fourth-order valence-corrected chi connectivity index (χ4v) is 4.11. The van der Waals surface area contributed by atoms with E-state index in [1.807, 2.05) is 37.2 Å². The van der Waals surface area contributed by atoms with E-state index in [1.54, 1.807) is 0 Å². The fraction of sp³-hybridized carbons (Fsp3) is 0.150. The molecule has 0 unspecified atom stereocenters. The van der Waals surface area contributed by atoms with Gasteiger partial charge in [-0.2, -0.15) is 0 Å². The number of nitrogens with zero attached hydrogens (tertiary/aromatic N) is 2. The van der Waals surface area contributed by atoms with Crippen LogP contribution >= 0.6 is 27.3 Å². The van der Waals surface area contributed by atoms with E-state index in [1.165, 1.54) is 6.07 Å². The van der Waals surface area contributed by atoms with Gasteiger partial charge in [-0.25, -0.2) is 13.8 Å². The van der Waals surface area contributed by atoms with Crippen LogP contribution in [-0.4, -0.2) is 36.2 Å². The van der Waals surface area contributed by atoms with Crippen molar-refractivity contribution in [1.82, 2.24) is 9.88 Å². The quantitative estimate of drug-likeness (QED) is 0.506. The minimum atomic E-state index is -0.977. The summed E-state index contributed by atoms with van der Waals surface area (Å²) in [6.07, 6.45) is 0.589. The van der Waals surface area contributed by atoms with Gasteiger partial charge in [-0.15, -0.1) is 0 Å². The Morgan fingerprint density at radius 1 is 1.24 bits per heavy atom. The number of carbonyl (C=O) groups excluding carboxylic acids is 2. The van der Waals surface area contributed by atoms with Crippen molar-refractivity contribution in [3.63, 3.8) is 0 Å². The second-order valence-electron chi connectivity index (χ2n) is 6.44. The summed E-state index contributed by atoms with van der Waals surface area (Å²) >= 11 is 4.49. The molecule has 29 heavy (non-hydrogen) atoms. The maximum absolute atomic E-state index is 13.9. The first kappa shape index (κ1) is 21.2. The summed E-state index contributed by atoms with van der Waals surface area (Å²) in [5.41, 5.74) is 1.18. The Morgan fingerprint density at radius 2 is 1.93 bits per heavy atom. The van der Waals surface area contributed by atoms with Gasteiger partial charge in [-0.3, -0.25) is 14.9 Å². The molecule has 3 aromatic rings. The molecular formula is C20H16BrF2N3O2S. The van der Waals surface area contributed by atoms with E-state index in [4.69, 9.17) is 0 Å². The second-order valence-corrected chi connectivity index (χ2v) is 8.36. The Kier molecular flexibility index (Phi) is 6.51. The number of amides is 1. The lowest BCUT2D eigenvalue weighted by Gasteiger charge is -2.14. The van der Waals surface area contributed by atoms with Crippen LogP contribution in [0.15, 0.2) is 40.9 Å². The van der Waals surface area contributed by atoms with Crippen molar-refractivity contribution in [3.8, 4) is 10.4 Å². The smallest absolute Gasteiger partial charge is 0.263 e. The molecule has 1 amide bonds. The molecule has 0 aliphatic rings. The van der Waals surface area contributed by atoms with Crippen molar-refractivity contribution >= 4 is 44.6 Å². The molecule has 0 radical (unpaired) electrons. The lowest BCUT2D eigenvalue weighted by Crippen LogP contribution is -2.15. The Bertz CT molecular complexity index is 1070. The van der Waals surface area contributed by atoms with Gasteiger partial charge in [0.05, 0.1) is 4.88 Å². The molecule has 0 aliphatic heterocycles. The van der Waals surface area contributed by atoms with Crippen LogP contribution in [0.5, 0.6) is 0 Å². The number of hydrogen-bond donors (Lipinski definition) is 1. The third-order valence-electron chi connectivity index (χ3n) is 3.98. The predicted octanol–water partition coefficient (Wildman–Crippen LogP) is 4.98. The number of carbonyl (C=O) groups is 2. The minimum absolute atomic E-state index is 0.0746. The molecule has 0 saturated heterocycles. The maximum atomic E-state index is 13.9. The van der Waals surface area contributed by atoms with Crippen molar-refractivity contribution in [2.45, 2.75) is 6.54 Å². The molecule has 9 heteroatoms. The van der Waals surface area contributed by atoms with Gasteiger partial charge in [0.1, 0.15) is 22.9 Å². The van der Waals surface area contributed by atoms with E-state index in [2.05, 4.69) is 26.2 Å². The highest BCUT2D eigenvalue weighted by Crippen LogP contribution is 2.36. The molecule has 0 atom stereocenters. The van der Waals surface area contributed by atoms with E-state index in [0.717, 1.165) is 39.1 Å². The van der Waals surface area contributed by atoms with Crippen molar-refractivity contribution in [2.24, 2.45) is 0 Å². The topological polar surface area (TPSA) is 62.3 Å². The van der Waals surface area contributed by atoms with Gasteiger partial charge in [-0.05, 0) is 49.5 Å². The molecule has 0 spiro atoms. The summed E-state index contributed by atoms with van der Waals surface area (Å²) in [5.74, 6) is -2.92. The normalized spacial score (nSPS) is 11.0. The van der Waals surface area contributed by atoms with Crippen molar-refractivity contribution in [3.05, 3.63) is 69.3 Å². The van der Waals surface area contributed by atoms with Gasteiger partial charge < -0.3 is 4.90 Å². The average Bonchev–Trinajstić information content (AvgIpc) is 3.05. The molecule has 1 N–H and O–H groups in total. The van der Waals surface area contributed by atoms with Crippen LogP contribution in [0, 0.1) is 11.6 Å². The Balaban J connectivity index is 2.00. The summed E-state index contributed by atoms with van der Waals surface area (Å²) in [5, 5.41) is 2.46. The molecule has 0 fully saturated rings. The van der Waals surface area contributed by atoms with Crippen LogP contribution in [-0.2, 0) is 6.54 Å². The van der Waals surface area contributed by atoms with E-state index in [9.17, 15) is 18.4 Å². The van der Waals surface area contributed by atoms with Crippen LogP contribution in [0.3, 0.4) is 0 Å². The zero-order chi connectivity index (χ0) is 21.1. The summed E-state index contributed by atoms with van der Waals surface area (Å²) in [4.78, 5) is 30.6. The highest BCUT2D eigenvalue weighted by molar-refractivity contribution is 9.10. The van der Waals surface area contributed by atoms with E-state index < -0.39 is 23.1 Å². The van der Waals surface area contributed by atoms with E-state index in [-0.39, 0.29) is 10.8 Å². The summed E-state index contributed by atoms with van der Waals surface area (Å²) < 4.78 is 28.5. The molecule has 150 valence electrons. The zero-order valence-electron chi connectivity index (χ0n) is 15.5. The van der Waals surface area contributed by atoms with Crippen molar-refractivity contribution < 1.29 is 18.4 Å². The highest BCUT2D eigenvalue weighted by atomic mass is 79.9. The first-order valence-electron chi connectivity index (χ1n) is 8.45. The standard InChI is InChI=1S/C20H16BrF2N3O2S/c1-26(2)9-11-6-7-12(21)8-13(11)18-16(10-27)24-20(29-18)25-19(28)17-14(22)4-3-5-15(17)23/h3-8,10H,9H2,1-2H3,(H,24,25,28). The average molecular weight is 480 g/mol. The van der Waals surface area contributed by atoms with Crippen LogP contribution in [0.4, 0.5) is 13.9 Å². The van der Waals surface area contributed by atoms with Gasteiger partial charge in [0.2, 0.25) is 0 Å². The number of hydrogen-bond acceptors (Lipinski definition) is 5. The van der Waals surface area contributed by atoms with E-state index >= 15 is 0 Å². The van der Waals surface area contributed by atoms with Crippen molar-refractivity contribution in [1.29, 1.82) is 0 Å². The zero-order valence-corrected chi connectivity index (χ0v) is 17.9. The minimum Gasteiger partial charge on any atom is -0.305 e. The molecule has 2 aromatic carbocycles. The van der Waals surface area contributed by atoms with Crippen molar-refractivity contribution in [2.75, 3.05) is 19.4 Å². The van der Waals surface area contributed by atoms with Crippen LogP contribution in [0.1, 0.15) is 26.4 Å². The first-order valence-corrected chi connectivity index (χ1v) is 10.1. The van der Waals surface area contributed by atoms with Gasteiger partial charge >= 0.3 is 0 Å². The monoisotopic (exact) mass is 479 g/mol. The van der Waals surface area contributed by atoms with Gasteiger partial charge in [-0.1, -0.05) is 39.4 Å². The molecule has 0 aliphatic carbocycles. The SMILES string of the molecule is CN(C)Cc1ccc(Br)cc1-c1sc(NC(=O)c2c(F)cccc2F)nc1C=O. The lowest BCUT2D eigenvalue weighted by atomic mass is 10.0. The number of rotatable bonds is 6. The van der Waals surface area contributed by atoms with Gasteiger partial charge in [0.25, 0.3) is 5.91 Å². The lowest BCUT2D eigenvalue weighted by molar-refractivity contribution is 0.101. The predicted molar refractivity (Wildman–Crippen MR) is 112 cm³/mol. The largest absolute Gasteiger partial charge is 0.305 e. The Labute approximate surface area is 178 Å². The molecular weight excluding hydrogens is 464 g/mol. The number of nitrogens with one attached hydrogen (secondary N) is 1. The third-order valence-corrected chi connectivity index (χ3v) is 5.49. The van der Waals surface area contributed by atoms with Crippen LogP contribution in [0.25, 0.3) is 10.4 Å². The third kappa shape index (κ3) is 4.75. The van der Waals surface area contributed by atoms with E-state index in [0.29, 0.717) is 17.7 Å². The number of aldehydes is 1. The molecule has 0 saturated carbocycles. The Morgan fingerprint density at radius 3 is 2.55 bits per heavy atom. The molecule has 1 aromatic heterocycles. The number of halogens is 3.